The number of rotatable bonds is 0. The molecular formula is C20H30O6. The first-order valence-corrected chi connectivity index (χ1v) is 9.84. The molecular weight excluding hydrogens is 336 g/mol. The highest BCUT2D eigenvalue weighted by molar-refractivity contribution is 5.37. The van der Waals surface area contributed by atoms with Gasteiger partial charge >= 0.3 is 0 Å². The number of aliphatic hydroxyl groups excluding tert-OH is 4. The maximum absolute atomic E-state index is 11.7. The van der Waals surface area contributed by atoms with Gasteiger partial charge in [0.25, 0.3) is 0 Å². The van der Waals surface area contributed by atoms with Gasteiger partial charge in [-0.2, -0.15) is 0 Å². The monoisotopic (exact) mass is 366 g/mol. The zero-order valence-corrected chi connectivity index (χ0v) is 15.4. The predicted octanol–water partition coefficient (Wildman–Crippen LogP) is 0.167. The van der Waals surface area contributed by atoms with Gasteiger partial charge in [0.15, 0.2) is 0 Å². The van der Waals surface area contributed by atoms with Crippen molar-refractivity contribution in [3.63, 3.8) is 0 Å². The Morgan fingerprint density at radius 2 is 1.73 bits per heavy atom. The summed E-state index contributed by atoms with van der Waals surface area (Å²) in [6.45, 7) is 8.25. The Morgan fingerprint density at radius 3 is 2.42 bits per heavy atom. The van der Waals surface area contributed by atoms with E-state index in [4.69, 9.17) is 4.74 Å². The molecule has 5 N–H and O–H groups in total. The van der Waals surface area contributed by atoms with Crippen molar-refractivity contribution < 1.29 is 30.3 Å². The van der Waals surface area contributed by atoms with Gasteiger partial charge in [0.2, 0.25) is 5.79 Å². The van der Waals surface area contributed by atoms with E-state index in [2.05, 4.69) is 20.4 Å². The SMILES string of the molecule is C=C1[C@H]2CC[C@H]3[C@@]45CO[C@](O)([C@@H](O)[C@@H]4C(C)(C)CC[C@@H]5O)[C@@]3([C@@H]1O)[C@@H]2O. The van der Waals surface area contributed by atoms with E-state index in [-0.39, 0.29) is 29.8 Å². The van der Waals surface area contributed by atoms with Crippen molar-refractivity contribution in [3.8, 4) is 0 Å². The van der Waals surface area contributed by atoms with E-state index < -0.39 is 41.0 Å². The molecule has 146 valence electrons. The highest BCUT2D eigenvalue weighted by Gasteiger charge is 2.86. The topological polar surface area (TPSA) is 110 Å². The van der Waals surface area contributed by atoms with Gasteiger partial charge in [0.1, 0.15) is 6.10 Å². The van der Waals surface area contributed by atoms with E-state index in [1.807, 2.05) is 0 Å². The second-order valence-electron chi connectivity index (χ2n) is 10.2. The Kier molecular flexibility index (Phi) is 3.20. The summed E-state index contributed by atoms with van der Waals surface area (Å²) < 4.78 is 5.86. The van der Waals surface area contributed by atoms with E-state index in [0.717, 1.165) is 6.42 Å². The minimum Gasteiger partial charge on any atom is -0.392 e. The largest absolute Gasteiger partial charge is 0.392 e. The zero-order chi connectivity index (χ0) is 18.9. The molecule has 0 aromatic carbocycles. The van der Waals surface area contributed by atoms with Gasteiger partial charge in [-0.3, -0.25) is 0 Å². The summed E-state index contributed by atoms with van der Waals surface area (Å²) in [6.07, 6.45) is -1.53. The third-order valence-corrected chi connectivity index (χ3v) is 9.12. The van der Waals surface area contributed by atoms with Crippen molar-refractivity contribution in [1.29, 1.82) is 0 Å². The van der Waals surface area contributed by atoms with Gasteiger partial charge in [-0.15, -0.1) is 0 Å². The average molecular weight is 366 g/mol. The lowest BCUT2D eigenvalue weighted by Gasteiger charge is -2.75. The molecule has 0 radical (unpaired) electrons. The van der Waals surface area contributed by atoms with Crippen LogP contribution in [0.5, 0.6) is 0 Å². The number of hydrogen-bond acceptors (Lipinski definition) is 6. The Bertz CT molecular complexity index is 677. The number of fused-ring (bicyclic) bond motifs is 2. The number of ether oxygens (including phenoxy) is 1. The molecule has 6 rings (SSSR count). The molecule has 6 nitrogen and oxygen atoms in total. The molecule has 6 fully saturated rings. The Hall–Kier alpha value is -0.500. The van der Waals surface area contributed by atoms with E-state index in [1.54, 1.807) is 0 Å². The number of hydrogen-bond donors (Lipinski definition) is 5. The highest BCUT2D eigenvalue weighted by atomic mass is 16.6. The third-order valence-electron chi connectivity index (χ3n) is 9.12. The highest BCUT2D eigenvalue weighted by Crippen LogP contribution is 2.77. The molecule has 4 bridgehead atoms. The molecule has 0 amide bonds. The maximum atomic E-state index is 11.7. The second-order valence-corrected chi connectivity index (χ2v) is 10.2. The molecule has 26 heavy (non-hydrogen) atoms. The van der Waals surface area contributed by atoms with Crippen LogP contribution in [-0.2, 0) is 4.74 Å². The summed E-state index contributed by atoms with van der Waals surface area (Å²) >= 11 is 0. The Balaban J connectivity index is 1.80. The van der Waals surface area contributed by atoms with Crippen LogP contribution in [-0.4, -0.2) is 62.3 Å². The van der Waals surface area contributed by atoms with Crippen LogP contribution >= 0.6 is 0 Å². The molecule has 2 saturated heterocycles. The van der Waals surface area contributed by atoms with Gasteiger partial charge in [0, 0.05) is 17.3 Å². The smallest absolute Gasteiger partial charge is 0.203 e. The van der Waals surface area contributed by atoms with Crippen molar-refractivity contribution in [2.24, 2.45) is 34.0 Å². The molecule has 0 aromatic heterocycles. The first-order chi connectivity index (χ1) is 12.1. The maximum Gasteiger partial charge on any atom is 0.203 e. The summed E-state index contributed by atoms with van der Waals surface area (Å²) in [4.78, 5) is 0. The molecule has 0 aromatic rings. The molecule has 4 saturated carbocycles. The van der Waals surface area contributed by atoms with Crippen LogP contribution in [0.3, 0.4) is 0 Å². The van der Waals surface area contributed by atoms with E-state index in [0.29, 0.717) is 24.8 Å². The third kappa shape index (κ3) is 1.45. The van der Waals surface area contributed by atoms with Gasteiger partial charge in [-0.1, -0.05) is 20.4 Å². The van der Waals surface area contributed by atoms with E-state index >= 15 is 0 Å². The standard InChI is InChI=1S/C20H30O6/c1-9-10-4-5-11-18-8-26-20(25,19(11,14(9)22)15(10)23)16(24)13(18)17(2,3)7-6-12(18)21/h10-16,21-25H,1,4-8H2,2-3H3/t10-,11+,12+,13-,14-,15-,16+,18-,19+,20-/m1/s1. The van der Waals surface area contributed by atoms with Crippen molar-refractivity contribution in [2.75, 3.05) is 6.61 Å². The van der Waals surface area contributed by atoms with E-state index in [9.17, 15) is 25.5 Å². The van der Waals surface area contributed by atoms with Crippen LogP contribution in [0, 0.1) is 34.0 Å². The van der Waals surface area contributed by atoms with Crippen LogP contribution in [0.4, 0.5) is 0 Å². The normalized spacial score (nSPS) is 62.7. The summed E-state index contributed by atoms with van der Waals surface area (Å²) in [7, 11) is 0. The fourth-order valence-electron chi connectivity index (χ4n) is 8.15. The number of aliphatic hydroxyl groups is 5. The molecule has 6 aliphatic rings. The summed E-state index contributed by atoms with van der Waals surface area (Å²) in [6, 6.07) is 0. The lowest BCUT2D eigenvalue weighted by atomic mass is 9.35. The lowest BCUT2D eigenvalue weighted by Crippen LogP contribution is -2.86. The van der Waals surface area contributed by atoms with Gasteiger partial charge < -0.3 is 30.3 Å². The van der Waals surface area contributed by atoms with Crippen LogP contribution in [0.2, 0.25) is 0 Å². The molecule has 2 aliphatic heterocycles. The van der Waals surface area contributed by atoms with Crippen molar-refractivity contribution in [2.45, 2.75) is 69.7 Å². The van der Waals surface area contributed by atoms with Crippen LogP contribution in [0.15, 0.2) is 12.2 Å². The molecule has 0 unspecified atom stereocenters. The van der Waals surface area contributed by atoms with Crippen molar-refractivity contribution in [1.82, 2.24) is 0 Å². The predicted molar refractivity (Wildman–Crippen MR) is 91.7 cm³/mol. The molecule has 4 aliphatic carbocycles. The quantitative estimate of drug-likeness (QED) is 0.391. The Morgan fingerprint density at radius 1 is 1.04 bits per heavy atom. The average Bonchev–Trinajstić information content (AvgIpc) is 2.69. The molecule has 2 spiro atoms. The van der Waals surface area contributed by atoms with Crippen molar-refractivity contribution >= 4 is 0 Å². The fourth-order valence-corrected chi connectivity index (χ4v) is 8.15. The fraction of sp³-hybridized carbons (Fsp3) is 0.900. The second kappa shape index (κ2) is 4.73. The minimum absolute atomic E-state index is 0.138. The van der Waals surface area contributed by atoms with Crippen LogP contribution in [0.25, 0.3) is 0 Å². The minimum atomic E-state index is -2.05. The van der Waals surface area contributed by atoms with Gasteiger partial charge in [0.05, 0.1) is 30.3 Å². The first kappa shape index (κ1) is 17.6. The van der Waals surface area contributed by atoms with Crippen LogP contribution in [0.1, 0.15) is 39.5 Å². The van der Waals surface area contributed by atoms with Crippen LogP contribution < -0.4 is 0 Å². The van der Waals surface area contributed by atoms with E-state index in [1.165, 1.54) is 0 Å². The molecule has 10 atom stereocenters. The summed E-state index contributed by atoms with van der Waals surface area (Å²) in [5.74, 6) is -3.06. The van der Waals surface area contributed by atoms with Gasteiger partial charge in [-0.25, -0.2) is 0 Å². The molecule has 2 heterocycles. The lowest BCUT2D eigenvalue weighted by molar-refractivity contribution is -0.476. The Labute approximate surface area is 153 Å². The zero-order valence-electron chi connectivity index (χ0n) is 15.4. The summed E-state index contributed by atoms with van der Waals surface area (Å²) in [5, 5.41) is 56.5. The summed E-state index contributed by atoms with van der Waals surface area (Å²) in [5.41, 5.74) is -2.01. The first-order valence-electron chi connectivity index (χ1n) is 9.84. The molecule has 6 heteroatoms. The van der Waals surface area contributed by atoms with Gasteiger partial charge in [-0.05, 0) is 42.6 Å². The van der Waals surface area contributed by atoms with Crippen molar-refractivity contribution in [3.05, 3.63) is 12.2 Å².